The third-order valence-electron chi connectivity index (χ3n) is 7.94. The van der Waals surface area contributed by atoms with E-state index in [1.165, 1.54) is 28.4 Å². The molecule has 2 aromatic carbocycles. The number of nitrogens with zero attached hydrogens (tertiary/aromatic N) is 2. The summed E-state index contributed by atoms with van der Waals surface area (Å²) in [6.07, 6.45) is 0.928. The molecule has 0 saturated carbocycles. The van der Waals surface area contributed by atoms with E-state index in [1.54, 1.807) is 12.1 Å². The quantitative estimate of drug-likeness (QED) is 0.333. The third-order valence-corrected chi connectivity index (χ3v) is 9.82. The normalized spacial score (nSPS) is 19.8. The maximum absolute atomic E-state index is 13.9. The standard InChI is InChI=1S/C29H41N3O7S/c1-38-25-7-9-26(10-8-25)40(36,37)31(17-13-22-11-15-30-16-12-22)20-28(33)27(19-23-5-3-2-4-6-23)32(29(34)35)24-14-18-39-21-24/h2-10,22,24,27-28,30,33H,11-21H2,1H3,(H,34,35)/t24-,27-,28+/m0/s1. The van der Waals surface area contributed by atoms with Gasteiger partial charge in [0.1, 0.15) is 5.75 Å². The number of rotatable bonds is 13. The van der Waals surface area contributed by atoms with Crippen molar-refractivity contribution in [1.29, 1.82) is 0 Å². The highest BCUT2D eigenvalue weighted by atomic mass is 32.2. The molecule has 2 heterocycles. The minimum absolute atomic E-state index is 0.102. The van der Waals surface area contributed by atoms with Crippen LogP contribution in [0.3, 0.4) is 0 Å². The number of carboxylic acid groups (broad SMARTS) is 1. The SMILES string of the molecule is COc1ccc(S(=O)(=O)N(CCC2CCNCC2)C[C@@H](O)[C@H](Cc2ccccc2)N(C(=O)O)[C@H]2CCOC2)cc1. The number of benzene rings is 2. The monoisotopic (exact) mass is 575 g/mol. The molecule has 0 unspecified atom stereocenters. The van der Waals surface area contributed by atoms with E-state index in [4.69, 9.17) is 9.47 Å². The van der Waals surface area contributed by atoms with Gasteiger partial charge in [0.05, 0.1) is 36.8 Å². The number of carbonyl (C=O) groups is 1. The average molecular weight is 576 g/mol. The highest BCUT2D eigenvalue weighted by Gasteiger charge is 2.39. The van der Waals surface area contributed by atoms with Crippen molar-refractivity contribution in [3.63, 3.8) is 0 Å². The number of aliphatic hydroxyl groups excluding tert-OH is 1. The van der Waals surface area contributed by atoms with Crippen LogP contribution in [0.25, 0.3) is 0 Å². The Labute approximate surface area is 236 Å². The summed E-state index contributed by atoms with van der Waals surface area (Å²) in [6, 6.07) is 14.3. The number of piperidine rings is 1. The fourth-order valence-corrected chi connectivity index (χ4v) is 7.09. The predicted octanol–water partition coefficient (Wildman–Crippen LogP) is 2.82. The van der Waals surface area contributed by atoms with E-state index in [0.717, 1.165) is 31.5 Å². The Morgan fingerprint density at radius 3 is 2.40 bits per heavy atom. The van der Waals surface area contributed by atoms with E-state index in [9.17, 15) is 23.4 Å². The minimum atomic E-state index is -3.98. The number of sulfonamides is 1. The molecule has 2 aliphatic heterocycles. The molecule has 2 aliphatic rings. The van der Waals surface area contributed by atoms with Crippen LogP contribution in [0.1, 0.15) is 31.2 Å². The van der Waals surface area contributed by atoms with Gasteiger partial charge in [0.2, 0.25) is 10.0 Å². The Balaban J connectivity index is 1.63. The van der Waals surface area contributed by atoms with Crippen molar-refractivity contribution in [2.75, 3.05) is 46.5 Å². The Bertz CT molecular complexity index is 1170. The summed E-state index contributed by atoms with van der Waals surface area (Å²) in [7, 11) is -2.47. The van der Waals surface area contributed by atoms with Crippen molar-refractivity contribution in [2.45, 2.75) is 55.2 Å². The molecular weight excluding hydrogens is 534 g/mol. The summed E-state index contributed by atoms with van der Waals surface area (Å²) in [5, 5.41) is 25.2. The molecule has 3 N–H and O–H groups in total. The summed E-state index contributed by atoms with van der Waals surface area (Å²) < 4.78 is 39.8. The van der Waals surface area contributed by atoms with Crippen LogP contribution in [0.2, 0.25) is 0 Å². The van der Waals surface area contributed by atoms with Crippen LogP contribution in [0.5, 0.6) is 5.75 Å². The van der Waals surface area contributed by atoms with Crippen molar-refractivity contribution >= 4 is 16.1 Å². The average Bonchev–Trinajstić information content (AvgIpc) is 3.50. The number of methoxy groups -OCH3 is 1. The number of nitrogens with one attached hydrogen (secondary N) is 1. The van der Waals surface area contributed by atoms with Gasteiger partial charge in [0, 0.05) is 19.7 Å². The van der Waals surface area contributed by atoms with Crippen molar-refractivity contribution in [3.05, 3.63) is 60.2 Å². The summed E-state index contributed by atoms with van der Waals surface area (Å²) in [5.74, 6) is 0.914. The van der Waals surface area contributed by atoms with Crippen LogP contribution in [0.4, 0.5) is 4.79 Å². The van der Waals surface area contributed by atoms with E-state index in [1.807, 2.05) is 30.3 Å². The molecule has 4 rings (SSSR count). The Morgan fingerprint density at radius 2 is 1.80 bits per heavy atom. The molecule has 0 aliphatic carbocycles. The van der Waals surface area contributed by atoms with E-state index < -0.39 is 34.3 Å². The van der Waals surface area contributed by atoms with Gasteiger partial charge in [-0.15, -0.1) is 0 Å². The lowest BCUT2D eigenvalue weighted by atomic mass is 9.94. The Hall–Kier alpha value is -2.70. The second-order valence-corrected chi connectivity index (χ2v) is 12.5. The topological polar surface area (TPSA) is 129 Å². The molecule has 2 saturated heterocycles. The molecule has 0 spiro atoms. The van der Waals surface area contributed by atoms with Crippen molar-refractivity contribution in [2.24, 2.45) is 5.92 Å². The van der Waals surface area contributed by atoms with E-state index in [-0.39, 0.29) is 31.0 Å². The van der Waals surface area contributed by atoms with E-state index >= 15 is 0 Å². The highest BCUT2D eigenvalue weighted by Crippen LogP contribution is 2.26. The molecule has 10 nitrogen and oxygen atoms in total. The number of ether oxygens (including phenoxy) is 2. The molecule has 2 aromatic rings. The molecule has 2 fully saturated rings. The van der Waals surface area contributed by atoms with Crippen molar-refractivity contribution < 1.29 is 32.9 Å². The zero-order valence-corrected chi connectivity index (χ0v) is 23.8. The van der Waals surface area contributed by atoms with Crippen LogP contribution in [-0.2, 0) is 21.2 Å². The lowest BCUT2D eigenvalue weighted by Gasteiger charge is -2.38. The van der Waals surface area contributed by atoms with Gasteiger partial charge in [-0.05, 0) is 80.9 Å². The summed E-state index contributed by atoms with van der Waals surface area (Å²) >= 11 is 0. The molecule has 0 aromatic heterocycles. The van der Waals surface area contributed by atoms with Crippen molar-refractivity contribution in [3.8, 4) is 5.75 Å². The fraction of sp³-hybridized carbons (Fsp3) is 0.552. The van der Waals surface area contributed by atoms with E-state index in [2.05, 4.69) is 5.32 Å². The Morgan fingerprint density at radius 1 is 1.10 bits per heavy atom. The smallest absolute Gasteiger partial charge is 0.407 e. The number of hydrogen-bond donors (Lipinski definition) is 3. The summed E-state index contributed by atoms with van der Waals surface area (Å²) in [5.41, 5.74) is 0.857. The first kappa shape index (κ1) is 30.3. The van der Waals surface area contributed by atoms with Gasteiger partial charge >= 0.3 is 6.09 Å². The molecule has 0 radical (unpaired) electrons. The van der Waals surface area contributed by atoms with Gasteiger partial charge in [-0.25, -0.2) is 13.2 Å². The zero-order chi connectivity index (χ0) is 28.5. The van der Waals surface area contributed by atoms with Gasteiger partial charge in [-0.3, -0.25) is 4.90 Å². The lowest BCUT2D eigenvalue weighted by molar-refractivity contribution is 0.0166. The van der Waals surface area contributed by atoms with Gasteiger partial charge in [0.15, 0.2) is 0 Å². The second-order valence-electron chi connectivity index (χ2n) is 10.6. The molecule has 11 heteroatoms. The zero-order valence-electron chi connectivity index (χ0n) is 23.0. The van der Waals surface area contributed by atoms with Crippen LogP contribution in [0.15, 0.2) is 59.5 Å². The van der Waals surface area contributed by atoms with Gasteiger partial charge in [-0.1, -0.05) is 30.3 Å². The first-order valence-corrected chi connectivity index (χ1v) is 15.4. The second kappa shape index (κ2) is 14.3. The fourth-order valence-electron chi connectivity index (χ4n) is 5.62. The van der Waals surface area contributed by atoms with Crippen molar-refractivity contribution in [1.82, 2.24) is 14.5 Å². The predicted molar refractivity (Wildman–Crippen MR) is 151 cm³/mol. The first-order chi connectivity index (χ1) is 19.3. The van der Waals surface area contributed by atoms with Gasteiger partial charge < -0.3 is 25.0 Å². The summed E-state index contributed by atoms with van der Waals surface area (Å²) in [6.45, 7) is 2.48. The largest absolute Gasteiger partial charge is 0.497 e. The minimum Gasteiger partial charge on any atom is -0.497 e. The number of amides is 1. The maximum Gasteiger partial charge on any atom is 0.407 e. The maximum atomic E-state index is 13.9. The molecule has 3 atom stereocenters. The third kappa shape index (κ3) is 7.73. The first-order valence-electron chi connectivity index (χ1n) is 14.0. The Kier molecular flexibility index (Phi) is 10.8. The molecular formula is C29H41N3O7S. The number of aliphatic hydroxyl groups is 1. The van der Waals surface area contributed by atoms with Gasteiger partial charge in [0.25, 0.3) is 0 Å². The number of hydrogen-bond acceptors (Lipinski definition) is 7. The van der Waals surface area contributed by atoms with Crippen LogP contribution in [-0.4, -0.2) is 98.6 Å². The van der Waals surface area contributed by atoms with Crippen LogP contribution in [0, 0.1) is 5.92 Å². The van der Waals surface area contributed by atoms with Gasteiger partial charge in [-0.2, -0.15) is 4.31 Å². The highest BCUT2D eigenvalue weighted by molar-refractivity contribution is 7.89. The van der Waals surface area contributed by atoms with Crippen LogP contribution >= 0.6 is 0 Å². The lowest BCUT2D eigenvalue weighted by Crippen LogP contribution is -2.56. The molecule has 1 amide bonds. The van der Waals surface area contributed by atoms with Crippen LogP contribution < -0.4 is 10.1 Å². The molecule has 220 valence electrons. The summed E-state index contributed by atoms with van der Waals surface area (Å²) in [4.78, 5) is 13.9. The molecule has 0 bridgehead atoms. The van der Waals surface area contributed by atoms with E-state index in [0.29, 0.717) is 31.1 Å². The molecule has 40 heavy (non-hydrogen) atoms.